The van der Waals surface area contributed by atoms with Gasteiger partial charge in [-0.05, 0) is 31.0 Å². The molecule has 0 unspecified atom stereocenters. The number of aliphatic hydroxyl groups excluding tert-OH is 1. The Hall–Kier alpha value is -2.60. The first-order valence-corrected chi connectivity index (χ1v) is 7.71. The second kappa shape index (κ2) is 6.13. The Morgan fingerprint density at radius 3 is 2.67 bits per heavy atom. The fraction of sp³-hybridized carbons (Fsp3) is 0.333. The molecule has 1 N–H and O–H groups in total. The molecule has 0 aliphatic rings. The van der Waals surface area contributed by atoms with E-state index in [0.717, 1.165) is 21.9 Å². The van der Waals surface area contributed by atoms with Crippen molar-refractivity contribution < 1.29 is 18.7 Å². The molecular formula is C18H19NO5. The van der Waals surface area contributed by atoms with Crippen molar-refractivity contribution in [1.82, 2.24) is 4.90 Å². The third-order valence-corrected chi connectivity index (χ3v) is 4.36. The molecular weight excluding hydrogens is 310 g/mol. The number of rotatable bonds is 4. The van der Waals surface area contributed by atoms with E-state index in [9.17, 15) is 9.59 Å². The van der Waals surface area contributed by atoms with Crippen LogP contribution in [0.4, 0.5) is 0 Å². The Morgan fingerprint density at radius 1 is 1.21 bits per heavy atom. The fourth-order valence-electron chi connectivity index (χ4n) is 2.80. The van der Waals surface area contributed by atoms with E-state index in [1.165, 1.54) is 4.90 Å². The molecule has 0 aliphatic heterocycles. The zero-order valence-corrected chi connectivity index (χ0v) is 13.9. The summed E-state index contributed by atoms with van der Waals surface area (Å²) >= 11 is 0. The molecule has 2 heterocycles. The average Bonchev–Trinajstić information content (AvgIpc) is 2.90. The van der Waals surface area contributed by atoms with Gasteiger partial charge in [0.25, 0.3) is 0 Å². The largest absolute Gasteiger partial charge is 0.464 e. The van der Waals surface area contributed by atoms with Crippen LogP contribution in [0.2, 0.25) is 0 Å². The maximum Gasteiger partial charge on any atom is 0.340 e. The van der Waals surface area contributed by atoms with E-state index in [1.54, 1.807) is 19.4 Å². The smallest absolute Gasteiger partial charge is 0.340 e. The van der Waals surface area contributed by atoms with Gasteiger partial charge in [-0.1, -0.05) is 0 Å². The number of amides is 1. The van der Waals surface area contributed by atoms with Crippen molar-refractivity contribution in [2.24, 2.45) is 0 Å². The van der Waals surface area contributed by atoms with E-state index >= 15 is 0 Å². The number of hydrogen-bond donors (Lipinski definition) is 1. The lowest BCUT2D eigenvalue weighted by molar-refractivity contribution is -0.129. The molecule has 3 rings (SSSR count). The lowest BCUT2D eigenvalue weighted by Crippen LogP contribution is -2.32. The quantitative estimate of drug-likeness (QED) is 0.742. The Morgan fingerprint density at radius 2 is 1.96 bits per heavy atom. The molecule has 0 aliphatic carbocycles. The van der Waals surface area contributed by atoms with Crippen molar-refractivity contribution in [3.05, 3.63) is 45.5 Å². The highest BCUT2D eigenvalue weighted by Gasteiger charge is 2.18. The predicted molar refractivity (Wildman–Crippen MR) is 90.2 cm³/mol. The molecule has 6 heteroatoms. The average molecular weight is 329 g/mol. The van der Waals surface area contributed by atoms with Crippen molar-refractivity contribution in [3.8, 4) is 0 Å². The van der Waals surface area contributed by atoms with Gasteiger partial charge in [-0.25, -0.2) is 4.79 Å². The second-order valence-corrected chi connectivity index (χ2v) is 5.97. The minimum absolute atomic E-state index is 0.0526. The third kappa shape index (κ3) is 2.69. The lowest BCUT2D eigenvalue weighted by Gasteiger charge is -2.16. The fourth-order valence-corrected chi connectivity index (χ4v) is 2.80. The van der Waals surface area contributed by atoms with E-state index in [2.05, 4.69) is 0 Å². The summed E-state index contributed by atoms with van der Waals surface area (Å²) in [6.45, 7) is 3.87. The van der Waals surface area contributed by atoms with Gasteiger partial charge in [0, 0.05) is 30.4 Å². The van der Waals surface area contributed by atoms with Crippen LogP contribution in [0.15, 0.2) is 32.0 Å². The number of benzene rings is 1. The Kier molecular flexibility index (Phi) is 4.15. The topological polar surface area (TPSA) is 83.9 Å². The second-order valence-electron chi connectivity index (χ2n) is 5.97. The first-order chi connectivity index (χ1) is 11.4. The van der Waals surface area contributed by atoms with E-state index in [-0.39, 0.29) is 25.5 Å². The predicted octanol–water partition coefficient (Wildman–Crippen LogP) is 2.15. The number of fused-ring (bicyclic) bond motifs is 2. The van der Waals surface area contributed by atoms with Gasteiger partial charge < -0.3 is 18.8 Å². The van der Waals surface area contributed by atoms with Crippen LogP contribution in [0.25, 0.3) is 21.9 Å². The molecule has 2 aromatic heterocycles. The number of furan rings is 1. The maximum absolute atomic E-state index is 12.3. The summed E-state index contributed by atoms with van der Waals surface area (Å²) in [5.41, 5.74) is 2.66. The Balaban J connectivity index is 2.11. The highest BCUT2D eigenvalue weighted by atomic mass is 16.4. The van der Waals surface area contributed by atoms with Gasteiger partial charge in [0.2, 0.25) is 5.91 Å². The van der Waals surface area contributed by atoms with Crippen LogP contribution < -0.4 is 5.63 Å². The molecule has 6 nitrogen and oxygen atoms in total. The number of carbonyl (C=O) groups excluding carboxylic acids is 1. The molecule has 0 fully saturated rings. The van der Waals surface area contributed by atoms with Gasteiger partial charge in [0.15, 0.2) is 0 Å². The first kappa shape index (κ1) is 16.3. The molecule has 24 heavy (non-hydrogen) atoms. The van der Waals surface area contributed by atoms with E-state index in [1.807, 2.05) is 19.9 Å². The summed E-state index contributed by atoms with van der Waals surface area (Å²) in [5.74, 6) is -0.237. The summed E-state index contributed by atoms with van der Waals surface area (Å²) in [4.78, 5) is 25.9. The zero-order valence-electron chi connectivity index (χ0n) is 13.9. The number of aryl methyl sites for hydroxylation is 2. The number of likely N-dealkylation sites (N-methyl/N-ethyl adjacent to an activating group) is 1. The van der Waals surface area contributed by atoms with Crippen LogP contribution in [0.3, 0.4) is 0 Å². The zero-order chi connectivity index (χ0) is 17.4. The molecule has 0 bridgehead atoms. The van der Waals surface area contributed by atoms with Gasteiger partial charge >= 0.3 is 5.63 Å². The minimum atomic E-state index is -0.520. The van der Waals surface area contributed by atoms with Crippen LogP contribution in [-0.2, 0) is 11.2 Å². The first-order valence-electron chi connectivity index (χ1n) is 7.71. The number of aliphatic hydroxyl groups is 1. The van der Waals surface area contributed by atoms with Gasteiger partial charge in [-0.2, -0.15) is 0 Å². The SMILES string of the molecule is Cc1coc2cc3oc(=O)c(CC(=O)N(C)CCO)c(C)c3cc12. The van der Waals surface area contributed by atoms with Crippen LogP contribution >= 0.6 is 0 Å². The highest BCUT2D eigenvalue weighted by Crippen LogP contribution is 2.28. The molecule has 126 valence electrons. The number of hydrogen-bond acceptors (Lipinski definition) is 5. The third-order valence-electron chi connectivity index (χ3n) is 4.36. The van der Waals surface area contributed by atoms with Crippen molar-refractivity contribution in [2.45, 2.75) is 20.3 Å². The van der Waals surface area contributed by atoms with Gasteiger partial charge in [0.1, 0.15) is 11.2 Å². The number of carbonyl (C=O) groups is 1. The molecule has 0 atom stereocenters. The van der Waals surface area contributed by atoms with Gasteiger partial charge in [-0.15, -0.1) is 0 Å². The summed E-state index contributed by atoms with van der Waals surface area (Å²) in [6.07, 6.45) is 1.61. The molecule has 1 aromatic carbocycles. The van der Waals surface area contributed by atoms with E-state index in [0.29, 0.717) is 16.7 Å². The molecule has 0 spiro atoms. The minimum Gasteiger partial charge on any atom is -0.464 e. The van der Waals surface area contributed by atoms with E-state index < -0.39 is 5.63 Å². The van der Waals surface area contributed by atoms with Crippen molar-refractivity contribution >= 4 is 27.8 Å². The van der Waals surface area contributed by atoms with Crippen LogP contribution in [0.1, 0.15) is 16.7 Å². The van der Waals surface area contributed by atoms with Gasteiger partial charge in [-0.3, -0.25) is 4.79 Å². The number of nitrogens with zero attached hydrogens (tertiary/aromatic N) is 1. The normalized spacial score (nSPS) is 11.3. The standard InChI is InChI=1S/C18H19NO5/c1-10-9-23-15-8-16-13(6-12(10)15)11(2)14(18(22)24-16)7-17(21)19(3)4-5-20/h6,8-9,20H,4-5,7H2,1-3H3. The van der Waals surface area contributed by atoms with Crippen molar-refractivity contribution in [2.75, 3.05) is 20.2 Å². The van der Waals surface area contributed by atoms with Crippen molar-refractivity contribution in [3.63, 3.8) is 0 Å². The monoisotopic (exact) mass is 329 g/mol. The summed E-state index contributed by atoms with van der Waals surface area (Å²) in [6, 6.07) is 3.63. The molecule has 1 amide bonds. The van der Waals surface area contributed by atoms with Crippen LogP contribution in [0.5, 0.6) is 0 Å². The van der Waals surface area contributed by atoms with Gasteiger partial charge in [0.05, 0.1) is 24.9 Å². The molecule has 0 radical (unpaired) electrons. The summed E-state index contributed by atoms with van der Waals surface area (Å²) in [7, 11) is 1.59. The highest BCUT2D eigenvalue weighted by molar-refractivity contribution is 5.96. The Labute approximate surface area is 138 Å². The lowest BCUT2D eigenvalue weighted by atomic mass is 10.0. The molecule has 0 saturated carbocycles. The van der Waals surface area contributed by atoms with Crippen LogP contribution in [-0.4, -0.2) is 36.1 Å². The summed E-state index contributed by atoms with van der Waals surface area (Å²) in [5, 5.41) is 10.7. The Bertz CT molecular complexity index is 982. The molecule has 0 saturated heterocycles. The van der Waals surface area contributed by atoms with E-state index in [4.69, 9.17) is 13.9 Å². The summed E-state index contributed by atoms with van der Waals surface area (Å²) < 4.78 is 10.8. The molecule has 3 aromatic rings. The van der Waals surface area contributed by atoms with Crippen molar-refractivity contribution in [1.29, 1.82) is 0 Å². The van der Waals surface area contributed by atoms with Crippen LogP contribution in [0, 0.1) is 13.8 Å². The maximum atomic E-state index is 12.3.